The maximum absolute atomic E-state index is 11.4. The van der Waals surface area contributed by atoms with E-state index in [0.717, 1.165) is 6.42 Å². The average molecular weight is 231 g/mol. The third-order valence-electron chi connectivity index (χ3n) is 3.84. The van der Waals surface area contributed by atoms with Crippen molar-refractivity contribution in [2.24, 2.45) is 11.7 Å². The van der Waals surface area contributed by atoms with E-state index in [0.29, 0.717) is 18.1 Å². The van der Waals surface area contributed by atoms with Gasteiger partial charge < -0.3 is 5.73 Å². The molecule has 2 N–H and O–H groups in total. The van der Waals surface area contributed by atoms with Gasteiger partial charge in [-0.15, -0.1) is 0 Å². The lowest BCUT2D eigenvalue weighted by molar-refractivity contribution is 0.273. The molecule has 1 unspecified atom stereocenters. The molecule has 1 aliphatic carbocycles. The van der Waals surface area contributed by atoms with Crippen LogP contribution in [-0.2, 0) is 9.84 Å². The van der Waals surface area contributed by atoms with Gasteiger partial charge in [0.05, 0.1) is 11.5 Å². The molecule has 88 valence electrons. The molecule has 0 bridgehead atoms. The molecule has 2 aliphatic rings. The van der Waals surface area contributed by atoms with Crippen LogP contribution in [0.1, 0.15) is 44.9 Å². The molecule has 1 heterocycles. The summed E-state index contributed by atoms with van der Waals surface area (Å²) in [5.74, 6) is 1.20. The van der Waals surface area contributed by atoms with E-state index in [1.165, 1.54) is 32.1 Å². The largest absolute Gasteiger partial charge is 0.324 e. The Balaban J connectivity index is 1.93. The van der Waals surface area contributed by atoms with Crippen LogP contribution in [0.25, 0.3) is 0 Å². The van der Waals surface area contributed by atoms with E-state index < -0.39 is 15.4 Å². The Morgan fingerprint density at radius 2 is 1.87 bits per heavy atom. The van der Waals surface area contributed by atoms with Crippen molar-refractivity contribution in [2.45, 2.75) is 50.5 Å². The zero-order valence-corrected chi connectivity index (χ0v) is 10.1. The van der Waals surface area contributed by atoms with Gasteiger partial charge in [-0.1, -0.05) is 32.1 Å². The van der Waals surface area contributed by atoms with Gasteiger partial charge in [-0.25, -0.2) is 8.42 Å². The fourth-order valence-corrected chi connectivity index (χ4v) is 5.07. The summed E-state index contributed by atoms with van der Waals surface area (Å²) in [6, 6.07) is 0. The van der Waals surface area contributed by atoms with Crippen LogP contribution in [0.4, 0.5) is 0 Å². The second-order valence-corrected chi connectivity index (χ2v) is 7.60. The molecular formula is C11H21NO2S. The SMILES string of the molecule is NC1(CC2CCCCC2)CCS(=O)(=O)C1. The lowest BCUT2D eigenvalue weighted by atomic mass is 9.79. The van der Waals surface area contributed by atoms with Gasteiger partial charge in [0.1, 0.15) is 0 Å². The molecule has 3 nitrogen and oxygen atoms in total. The highest BCUT2D eigenvalue weighted by atomic mass is 32.2. The van der Waals surface area contributed by atoms with Gasteiger partial charge in [-0.3, -0.25) is 0 Å². The summed E-state index contributed by atoms with van der Waals surface area (Å²) in [5, 5.41) is 0. The Hall–Kier alpha value is -0.0900. The number of nitrogens with two attached hydrogens (primary N) is 1. The maximum atomic E-state index is 11.4. The second-order valence-electron chi connectivity index (χ2n) is 5.41. The zero-order chi connectivity index (χ0) is 10.9. The Morgan fingerprint density at radius 1 is 1.20 bits per heavy atom. The minimum absolute atomic E-state index is 0.219. The van der Waals surface area contributed by atoms with Gasteiger partial charge in [0.15, 0.2) is 9.84 Å². The monoisotopic (exact) mass is 231 g/mol. The van der Waals surface area contributed by atoms with Crippen molar-refractivity contribution in [3.8, 4) is 0 Å². The van der Waals surface area contributed by atoms with Crippen LogP contribution in [0.5, 0.6) is 0 Å². The minimum Gasteiger partial charge on any atom is -0.324 e. The molecule has 15 heavy (non-hydrogen) atoms. The smallest absolute Gasteiger partial charge is 0.152 e. The van der Waals surface area contributed by atoms with Gasteiger partial charge in [-0.05, 0) is 18.8 Å². The first-order valence-electron chi connectivity index (χ1n) is 5.98. The Labute approximate surface area is 92.3 Å². The summed E-state index contributed by atoms with van der Waals surface area (Å²) in [6.07, 6.45) is 8.03. The first kappa shape index (κ1) is 11.4. The third kappa shape index (κ3) is 2.94. The standard InChI is InChI=1S/C11H21NO2S/c12-11(6-7-15(13,14)9-11)8-10-4-2-1-3-5-10/h10H,1-9,12H2. The molecule has 0 aromatic carbocycles. The first-order chi connectivity index (χ1) is 6.99. The molecule has 0 spiro atoms. The molecule has 4 heteroatoms. The van der Waals surface area contributed by atoms with Crippen LogP contribution in [0, 0.1) is 5.92 Å². The normalized spacial score (nSPS) is 36.9. The van der Waals surface area contributed by atoms with E-state index in [9.17, 15) is 8.42 Å². The van der Waals surface area contributed by atoms with Crippen LogP contribution in [0.2, 0.25) is 0 Å². The summed E-state index contributed by atoms with van der Waals surface area (Å²) in [7, 11) is -2.83. The van der Waals surface area contributed by atoms with E-state index in [1.54, 1.807) is 0 Å². The number of hydrogen-bond donors (Lipinski definition) is 1. The predicted octanol–water partition coefficient (Wildman–Crippen LogP) is 1.47. The highest BCUT2D eigenvalue weighted by Gasteiger charge is 2.40. The van der Waals surface area contributed by atoms with Crippen LogP contribution >= 0.6 is 0 Å². The molecule has 0 amide bonds. The van der Waals surface area contributed by atoms with Crippen LogP contribution in [-0.4, -0.2) is 25.5 Å². The number of rotatable bonds is 2. The summed E-state index contributed by atoms with van der Waals surface area (Å²) >= 11 is 0. The van der Waals surface area contributed by atoms with Gasteiger partial charge in [0.25, 0.3) is 0 Å². The van der Waals surface area contributed by atoms with E-state index in [2.05, 4.69) is 0 Å². The fourth-order valence-electron chi connectivity index (χ4n) is 3.07. The molecule has 2 rings (SSSR count). The van der Waals surface area contributed by atoms with Gasteiger partial charge >= 0.3 is 0 Å². The molecule has 1 atom stereocenters. The highest BCUT2D eigenvalue weighted by molar-refractivity contribution is 7.91. The van der Waals surface area contributed by atoms with E-state index in [-0.39, 0.29) is 5.75 Å². The highest BCUT2D eigenvalue weighted by Crippen LogP contribution is 2.34. The van der Waals surface area contributed by atoms with E-state index in [4.69, 9.17) is 5.73 Å². The minimum atomic E-state index is -2.83. The summed E-state index contributed by atoms with van der Waals surface area (Å²) in [6.45, 7) is 0. The topological polar surface area (TPSA) is 60.2 Å². The molecule has 1 aliphatic heterocycles. The van der Waals surface area contributed by atoms with Crippen molar-refractivity contribution in [1.82, 2.24) is 0 Å². The molecule has 1 saturated carbocycles. The fraction of sp³-hybridized carbons (Fsp3) is 1.00. The summed E-state index contributed by atoms with van der Waals surface area (Å²) in [5.41, 5.74) is 5.78. The molecule has 0 aromatic heterocycles. The van der Waals surface area contributed by atoms with E-state index in [1.807, 2.05) is 0 Å². The zero-order valence-electron chi connectivity index (χ0n) is 9.24. The quantitative estimate of drug-likeness (QED) is 0.783. The number of hydrogen-bond acceptors (Lipinski definition) is 3. The molecule has 2 fully saturated rings. The molecule has 1 saturated heterocycles. The van der Waals surface area contributed by atoms with Gasteiger partial charge in [0.2, 0.25) is 0 Å². The Morgan fingerprint density at radius 3 is 2.40 bits per heavy atom. The lowest BCUT2D eigenvalue weighted by Gasteiger charge is -2.30. The van der Waals surface area contributed by atoms with Crippen molar-refractivity contribution in [3.05, 3.63) is 0 Å². The average Bonchev–Trinajstić information content (AvgIpc) is 2.42. The maximum Gasteiger partial charge on any atom is 0.152 e. The van der Waals surface area contributed by atoms with Crippen molar-refractivity contribution >= 4 is 9.84 Å². The Kier molecular flexibility index (Phi) is 3.08. The molecule has 0 aromatic rings. The third-order valence-corrected chi connectivity index (χ3v) is 5.68. The lowest BCUT2D eigenvalue weighted by Crippen LogP contribution is -2.43. The van der Waals surface area contributed by atoms with Crippen molar-refractivity contribution < 1.29 is 8.42 Å². The molecule has 0 radical (unpaired) electrons. The molecular weight excluding hydrogens is 210 g/mol. The van der Waals surface area contributed by atoms with Crippen LogP contribution < -0.4 is 5.73 Å². The van der Waals surface area contributed by atoms with Gasteiger partial charge in [-0.2, -0.15) is 0 Å². The first-order valence-corrected chi connectivity index (χ1v) is 7.81. The van der Waals surface area contributed by atoms with Crippen LogP contribution in [0.15, 0.2) is 0 Å². The second kappa shape index (κ2) is 4.06. The van der Waals surface area contributed by atoms with Crippen LogP contribution in [0.3, 0.4) is 0 Å². The van der Waals surface area contributed by atoms with Crippen molar-refractivity contribution in [2.75, 3.05) is 11.5 Å². The van der Waals surface area contributed by atoms with Crippen molar-refractivity contribution in [1.29, 1.82) is 0 Å². The number of sulfone groups is 1. The van der Waals surface area contributed by atoms with Gasteiger partial charge in [0, 0.05) is 5.54 Å². The Bertz CT molecular complexity index is 319. The van der Waals surface area contributed by atoms with E-state index >= 15 is 0 Å². The van der Waals surface area contributed by atoms with Crippen molar-refractivity contribution in [3.63, 3.8) is 0 Å². The summed E-state index contributed by atoms with van der Waals surface area (Å²) < 4.78 is 22.8. The predicted molar refractivity (Wildman–Crippen MR) is 61.4 cm³/mol. The summed E-state index contributed by atoms with van der Waals surface area (Å²) in [4.78, 5) is 0.